The molecule has 0 saturated carbocycles. The number of rotatable bonds is 5. The standard InChI is InChI=1S/C16H22N4/c1-12-5-4-6-15(19-12)11-20(3)16(13(2)17)14-7-9-18-10-8-14/h4-10,13,16H,11,17H2,1-3H3. The van der Waals surface area contributed by atoms with Crippen LogP contribution in [0.5, 0.6) is 0 Å². The predicted molar refractivity (Wildman–Crippen MR) is 81.1 cm³/mol. The SMILES string of the molecule is Cc1cccc(CN(C)C(c2ccncc2)C(C)N)n1. The molecule has 0 spiro atoms. The van der Waals surface area contributed by atoms with Crippen LogP contribution in [-0.2, 0) is 6.54 Å². The Morgan fingerprint density at radius 3 is 2.50 bits per heavy atom. The Morgan fingerprint density at radius 2 is 1.90 bits per heavy atom. The van der Waals surface area contributed by atoms with Gasteiger partial charge in [0.2, 0.25) is 0 Å². The van der Waals surface area contributed by atoms with Crippen molar-refractivity contribution in [1.82, 2.24) is 14.9 Å². The van der Waals surface area contributed by atoms with E-state index in [-0.39, 0.29) is 12.1 Å². The van der Waals surface area contributed by atoms with Crippen molar-refractivity contribution in [2.24, 2.45) is 5.73 Å². The van der Waals surface area contributed by atoms with Crippen molar-refractivity contribution in [3.63, 3.8) is 0 Å². The number of nitrogens with zero attached hydrogens (tertiary/aromatic N) is 3. The minimum atomic E-state index is 0.0345. The maximum Gasteiger partial charge on any atom is 0.0547 e. The molecule has 0 amide bonds. The molecule has 2 aromatic heterocycles. The molecule has 4 heteroatoms. The van der Waals surface area contributed by atoms with Crippen molar-refractivity contribution < 1.29 is 0 Å². The van der Waals surface area contributed by atoms with Gasteiger partial charge in [0.15, 0.2) is 0 Å². The lowest BCUT2D eigenvalue weighted by molar-refractivity contribution is 0.208. The molecule has 2 aromatic rings. The molecule has 2 N–H and O–H groups in total. The van der Waals surface area contributed by atoms with Gasteiger partial charge in [0.05, 0.1) is 5.69 Å². The van der Waals surface area contributed by atoms with Crippen LogP contribution < -0.4 is 5.73 Å². The number of aryl methyl sites for hydroxylation is 1. The van der Waals surface area contributed by atoms with Crippen LogP contribution in [0, 0.1) is 6.92 Å². The predicted octanol–water partition coefficient (Wildman–Crippen LogP) is 2.31. The highest BCUT2D eigenvalue weighted by Gasteiger charge is 2.21. The summed E-state index contributed by atoms with van der Waals surface area (Å²) in [7, 11) is 2.08. The molecule has 4 nitrogen and oxygen atoms in total. The Labute approximate surface area is 120 Å². The summed E-state index contributed by atoms with van der Waals surface area (Å²) in [5, 5.41) is 0. The van der Waals surface area contributed by atoms with Crippen molar-refractivity contribution in [1.29, 1.82) is 0 Å². The molecule has 2 heterocycles. The van der Waals surface area contributed by atoms with E-state index in [1.54, 1.807) is 0 Å². The summed E-state index contributed by atoms with van der Waals surface area (Å²) in [5.74, 6) is 0. The molecule has 0 aliphatic rings. The highest BCUT2D eigenvalue weighted by molar-refractivity contribution is 5.18. The molecule has 0 radical (unpaired) electrons. The molecular formula is C16H22N4. The summed E-state index contributed by atoms with van der Waals surface area (Å²) >= 11 is 0. The Morgan fingerprint density at radius 1 is 1.20 bits per heavy atom. The molecule has 0 aliphatic carbocycles. The van der Waals surface area contributed by atoms with Gasteiger partial charge in [0.25, 0.3) is 0 Å². The Hall–Kier alpha value is -1.78. The fraction of sp³-hybridized carbons (Fsp3) is 0.375. The topological polar surface area (TPSA) is 55.0 Å². The zero-order valence-electron chi connectivity index (χ0n) is 12.3. The highest BCUT2D eigenvalue weighted by Crippen LogP contribution is 2.23. The second-order valence-electron chi connectivity index (χ2n) is 5.27. The van der Waals surface area contributed by atoms with Gasteiger partial charge >= 0.3 is 0 Å². The van der Waals surface area contributed by atoms with Crippen molar-refractivity contribution in [3.05, 3.63) is 59.7 Å². The van der Waals surface area contributed by atoms with Gasteiger partial charge in [-0.2, -0.15) is 0 Å². The third kappa shape index (κ3) is 3.62. The van der Waals surface area contributed by atoms with Crippen molar-refractivity contribution in [2.45, 2.75) is 32.5 Å². The number of hydrogen-bond acceptors (Lipinski definition) is 4. The molecule has 2 unspecified atom stereocenters. The zero-order valence-corrected chi connectivity index (χ0v) is 12.3. The average molecular weight is 270 g/mol. The number of aromatic nitrogens is 2. The Bertz CT molecular complexity index is 539. The van der Waals surface area contributed by atoms with Crippen LogP contribution in [0.3, 0.4) is 0 Å². The first-order valence-electron chi connectivity index (χ1n) is 6.86. The van der Waals surface area contributed by atoms with Gasteiger partial charge in [0.1, 0.15) is 0 Å². The first kappa shape index (κ1) is 14.6. The van der Waals surface area contributed by atoms with E-state index in [0.29, 0.717) is 0 Å². The average Bonchev–Trinajstić information content (AvgIpc) is 2.39. The second-order valence-corrected chi connectivity index (χ2v) is 5.27. The van der Waals surface area contributed by atoms with E-state index in [4.69, 9.17) is 5.73 Å². The van der Waals surface area contributed by atoms with Crippen molar-refractivity contribution >= 4 is 0 Å². The van der Waals surface area contributed by atoms with Gasteiger partial charge in [-0.05, 0) is 50.7 Å². The van der Waals surface area contributed by atoms with E-state index >= 15 is 0 Å². The summed E-state index contributed by atoms with van der Waals surface area (Å²) in [5.41, 5.74) is 9.46. The maximum absolute atomic E-state index is 6.17. The second kappa shape index (κ2) is 6.59. The molecular weight excluding hydrogens is 248 g/mol. The fourth-order valence-corrected chi connectivity index (χ4v) is 2.56. The molecule has 0 saturated heterocycles. The lowest BCUT2D eigenvalue weighted by atomic mass is 10.0. The van der Waals surface area contributed by atoms with E-state index in [1.165, 1.54) is 5.56 Å². The van der Waals surface area contributed by atoms with E-state index in [1.807, 2.05) is 56.6 Å². The number of nitrogens with two attached hydrogens (primary N) is 1. The first-order valence-corrected chi connectivity index (χ1v) is 6.86. The highest BCUT2D eigenvalue weighted by atomic mass is 15.2. The van der Waals surface area contributed by atoms with E-state index < -0.39 is 0 Å². The normalized spacial score (nSPS) is 14.2. The van der Waals surface area contributed by atoms with Gasteiger partial charge < -0.3 is 5.73 Å². The van der Waals surface area contributed by atoms with Gasteiger partial charge in [-0.3, -0.25) is 14.9 Å². The minimum absolute atomic E-state index is 0.0345. The Kier molecular flexibility index (Phi) is 4.82. The zero-order chi connectivity index (χ0) is 14.5. The largest absolute Gasteiger partial charge is 0.326 e. The third-order valence-corrected chi connectivity index (χ3v) is 3.38. The summed E-state index contributed by atoms with van der Waals surface area (Å²) in [6, 6.07) is 10.3. The van der Waals surface area contributed by atoms with Gasteiger partial charge in [-0.25, -0.2) is 0 Å². The van der Waals surface area contributed by atoms with Gasteiger partial charge in [0, 0.05) is 36.7 Å². The van der Waals surface area contributed by atoms with Crippen LogP contribution in [0.1, 0.15) is 29.9 Å². The number of pyridine rings is 2. The van der Waals surface area contributed by atoms with Crippen molar-refractivity contribution in [3.8, 4) is 0 Å². The van der Waals surface area contributed by atoms with Gasteiger partial charge in [-0.15, -0.1) is 0 Å². The molecule has 0 aromatic carbocycles. The molecule has 0 aliphatic heterocycles. The molecule has 20 heavy (non-hydrogen) atoms. The van der Waals surface area contributed by atoms with Gasteiger partial charge in [-0.1, -0.05) is 6.07 Å². The summed E-state index contributed by atoms with van der Waals surface area (Å²) in [6.45, 7) is 4.82. The molecule has 0 fully saturated rings. The molecule has 2 atom stereocenters. The third-order valence-electron chi connectivity index (χ3n) is 3.38. The minimum Gasteiger partial charge on any atom is -0.326 e. The lowest BCUT2D eigenvalue weighted by Crippen LogP contribution is -2.37. The van der Waals surface area contributed by atoms with E-state index in [9.17, 15) is 0 Å². The van der Waals surface area contributed by atoms with Crippen LogP contribution in [0.15, 0.2) is 42.7 Å². The number of likely N-dealkylation sites (N-methyl/N-ethyl adjacent to an activating group) is 1. The molecule has 106 valence electrons. The first-order chi connectivity index (χ1) is 9.58. The van der Waals surface area contributed by atoms with Crippen LogP contribution in [0.4, 0.5) is 0 Å². The number of hydrogen-bond donors (Lipinski definition) is 1. The Balaban J connectivity index is 2.18. The quantitative estimate of drug-likeness (QED) is 0.906. The van der Waals surface area contributed by atoms with E-state index in [0.717, 1.165) is 17.9 Å². The van der Waals surface area contributed by atoms with Crippen LogP contribution in [0.2, 0.25) is 0 Å². The summed E-state index contributed by atoms with van der Waals surface area (Å²) in [4.78, 5) is 10.9. The van der Waals surface area contributed by atoms with Crippen LogP contribution >= 0.6 is 0 Å². The van der Waals surface area contributed by atoms with E-state index in [2.05, 4.69) is 21.9 Å². The molecule has 0 bridgehead atoms. The van der Waals surface area contributed by atoms with Crippen molar-refractivity contribution in [2.75, 3.05) is 7.05 Å². The smallest absolute Gasteiger partial charge is 0.0547 e. The maximum atomic E-state index is 6.17. The molecule has 2 rings (SSSR count). The lowest BCUT2D eigenvalue weighted by Gasteiger charge is -2.31. The fourth-order valence-electron chi connectivity index (χ4n) is 2.56. The monoisotopic (exact) mass is 270 g/mol. The van der Waals surface area contributed by atoms with Crippen LogP contribution in [0.25, 0.3) is 0 Å². The van der Waals surface area contributed by atoms with Crippen LogP contribution in [-0.4, -0.2) is 28.0 Å². The summed E-state index contributed by atoms with van der Waals surface area (Å²) in [6.07, 6.45) is 3.62. The summed E-state index contributed by atoms with van der Waals surface area (Å²) < 4.78 is 0.